The molecule has 1 aromatic rings. The van der Waals surface area contributed by atoms with Crippen molar-refractivity contribution in [3.8, 4) is 0 Å². The summed E-state index contributed by atoms with van der Waals surface area (Å²) < 4.78 is 66.1. The van der Waals surface area contributed by atoms with Crippen molar-refractivity contribution in [3.05, 3.63) is 34.6 Å². The van der Waals surface area contributed by atoms with Gasteiger partial charge >= 0.3 is 0 Å². The lowest BCUT2D eigenvalue weighted by Gasteiger charge is -2.24. The van der Waals surface area contributed by atoms with Gasteiger partial charge in [-0.2, -0.15) is 0 Å². The SMILES string of the molecule is CN(CCNC(C)(C)C)Cc1c(F)c(F)c(F)c(F)c1F. The Labute approximate surface area is 120 Å². The molecule has 1 aromatic carbocycles. The molecule has 0 aliphatic carbocycles. The Hall–Kier alpha value is -1.21. The van der Waals surface area contributed by atoms with Gasteiger partial charge in [0, 0.05) is 30.7 Å². The number of rotatable bonds is 5. The summed E-state index contributed by atoms with van der Waals surface area (Å²) in [5, 5.41) is 3.16. The van der Waals surface area contributed by atoms with Crippen molar-refractivity contribution in [2.24, 2.45) is 0 Å². The zero-order valence-corrected chi connectivity index (χ0v) is 12.5. The third-order valence-electron chi connectivity index (χ3n) is 2.88. The normalized spacial score (nSPS) is 12.3. The molecule has 0 radical (unpaired) electrons. The molecule has 21 heavy (non-hydrogen) atoms. The predicted molar refractivity (Wildman–Crippen MR) is 70.3 cm³/mol. The maximum absolute atomic E-state index is 13.5. The topological polar surface area (TPSA) is 15.3 Å². The molecule has 0 unspecified atom stereocenters. The van der Waals surface area contributed by atoms with E-state index >= 15 is 0 Å². The number of nitrogens with zero attached hydrogens (tertiary/aromatic N) is 1. The van der Waals surface area contributed by atoms with Gasteiger partial charge in [0.2, 0.25) is 5.82 Å². The van der Waals surface area contributed by atoms with Crippen LogP contribution in [-0.2, 0) is 6.54 Å². The van der Waals surface area contributed by atoms with Crippen LogP contribution in [0.15, 0.2) is 0 Å². The summed E-state index contributed by atoms with van der Waals surface area (Å²) >= 11 is 0. The molecular weight excluding hydrogens is 291 g/mol. The molecular formula is C14H19F5N2. The Morgan fingerprint density at radius 1 is 0.857 bits per heavy atom. The average molecular weight is 310 g/mol. The Morgan fingerprint density at radius 3 is 1.71 bits per heavy atom. The van der Waals surface area contributed by atoms with Crippen molar-refractivity contribution in [1.29, 1.82) is 0 Å². The first-order chi connectivity index (χ1) is 9.54. The quantitative estimate of drug-likeness (QED) is 0.510. The third-order valence-corrected chi connectivity index (χ3v) is 2.88. The second kappa shape index (κ2) is 6.70. The van der Waals surface area contributed by atoms with Gasteiger partial charge in [-0.1, -0.05) is 0 Å². The summed E-state index contributed by atoms with van der Waals surface area (Å²) in [6.07, 6.45) is 0. The van der Waals surface area contributed by atoms with Crippen molar-refractivity contribution in [3.63, 3.8) is 0 Å². The van der Waals surface area contributed by atoms with Crippen LogP contribution in [0.25, 0.3) is 0 Å². The van der Waals surface area contributed by atoms with Gasteiger partial charge in [0.1, 0.15) is 0 Å². The van der Waals surface area contributed by atoms with E-state index in [-0.39, 0.29) is 12.1 Å². The van der Waals surface area contributed by atoms with Crippen LogP contribution >= 0.6 is 0 Å². The van der Waals surface area contributed by atoms with Crippen molar-refractivity contribution < 1.29 is 22.0 Å². The third kappa shape index (κ3) is 4.64. The molecule has 2 nitrogen and oxygen atoms in total. The molecule has 0 spiro atoms. The molecule has 0 fully saturated rings. The zero-order chi connectivity index (χ0) is 16.4. The van der Waals surface area contributed by atoms with Crippen LogP contribution in [0.4, 0.5) is 22.0 Å². The first-order valence-corrected chi connectivity index (χ1v) is 6.48. The maximum Gasteiger partial charge on any atom is 0.200 e. The molecule has 1 N–H and O–H groups in total. The van der Waals surface area contributed by atoms with Crippen molar-refractivity contribution in [2.75, 3.05) is 20.1 Å². The van der Waals surface area contributed by atoms with E-state index in [1.807, 2.05) is 20.8 Å². The highest BCUT2D eigenvalue weighted by atomic mass is 19.2. The monoisotopic (exact) mass is 310 g/mol. The molecule has 7 heteroatoms. The lowest BCUT2D eigenvalue weighted by Crippen LogP contribution is -2.40. The Morgan fingerprint density at radius 2 is 1.29 bits per heavy atom. The number of hydrogen-bond acceptors (Lipinski definition) is 2. The number of halogens is 5. The van der Waals surface area contributed by atoms with Crippen LogP contribution in [0.2, 0.25) is 0 Å². The van der Waals surface area contributed by atoms with Crippen LogP contribution in [0.5, 0.6) is 0 Å². The number of benzene rings is 1. The van der Waals surface area contributed by atoms with E-state index in [0.717, 1.165) is 0 Å². The van der Waals surface area contributed by atoms with Gasteiger partial charge < -0.3 is 10.2 Å². The van der Waals surface area contributed by atoms with E-state index in [4.69, 9.17) is 0 Å². The van der Waals surface area contributed by atoms with E-state index in [9.17, 15) is 22.0 Å². The van der Waals surface area contributed by atoms with Gasteiger partial charge in [0.25, 0.3) is 0 Å². The molecule has 0 bridgehead atoms. The molecule has 1 rings (SSSR count). The van der Waals surface area contributed by atoms with Crippen LogP contribution in [0.3, 0.4) is 0 Å². The summed E-state index contributed by atoms with van der Waals surface area (Å²) in [4.78, 5) is 1.48. The Bertz CT molecular complexity index is 482. The predicted octanol–water partition coefficient (Wildman–Crippen LogP) is 3.20. The van der Waals surface area contributed by atoms with Crippen molar-refractivity contribution in [2.45, 2.75) is 32.9 Å². The minimum atomic E-state index is -2.13. The summed E-state index contributed by atoms with van der Waals surface area (Å²) in [7, 11) is 1.54. The van der Waals surface area contributed by atoms with E-state index in [0.29, 0.717) is 13.1 Å². The lowest BCUT2D eigenvalue weighted by molar-refractivity contribution is 0.285. The highest BCUT2D eigenvalue weighted by molar-refractivity contribution is 5.24. The number of likely N-dealkylation sites (N-methyl/N-ethyl adjacent to an activating group) is 1. The van der Waals surface area contributed by atoms with Crippen molar-refractivity contribution >= 4 is 0 Å². The summed E-state index contributed by atoms with van der Waals surface area (Å²) in [6.45, 7) is 6.43. The number of nitrogens with one attached hydrogen (secondary N) is 1. The molecule has 0 heterocycles. The molecule has 0 saturated heterocycles. The molecule has 0 atom stereocenters. The van der Waals surface area contributed by atoms with E-state index in [1.54, 1.807) is 7.05 Å². The van der Waals surface area contributed by atoms with Gasteiger partial charge in [-0.25, -0.2) is 22.0 Å². The second-order valence-electron chi connectivity index (χ2n) is 5.96. The van der Waals surface area contributed by atoms with Gasteiger partial charge in [-0.3, -0.25) is 0 Å². The van der Waals surface area contributed by atoms with E-state index < -0.39 is 34.6 Å². The molecule has 0 aliphatic heterocycles. The fourth-order valence-corrected chi connectivity index (χ4v) is 1.76. The number of hydrogen-bond donors (Lipinski definition) is 1. The summed E-state index contributed by atoms with van der Waals surface area (Å²) in [5.41, 5.74) is -0.935. The van der Waals surface area contributed by atoms with Gasteiger partial charge in [0.05, 0.1) is 0 Å². The average Bonchev–Trinajstić information content (AvgIpc) is 2.38. The first-order valence-electron chi connectivity index (χ1n) is 6.48. The minimum Gasteiger partial charge on any atom is -0.311 e. The smallest absolute Gasteiger partial charge is 0.200 e. The Kier molecular flexibility index (Phi) is 5.69. The van der Waals surface area contributed by atoms with Gasteiger partial charge in [-0.15, -0.1) is 0 Å². The molecule has 0 aliphatic rings. The van der Waals surface area contributed by atoms with Gasteiger partial charge in [0.15, 0.2) is 23.3 Å². The summed E-state index contributed by atoms with van der Waals surface area (Å²) in [6, 6.07) is 0. The van der Waals surface area contributed by atoms with Gasteiger partial charge in [-0.05, 0) is 27.8 Å². The van der Waals surface area contributed by atoms with E-state index in [1.165, 1.54) is 4.90 Å². The maximum atomic E-state index is 13.5. The standard InChI is InChI=1S/C14H19F5N2/c1-14(2,3)20-5-6-21(4)7-8-9(15)11(17)13(19)12(18)10(8)16/h20H,5-7H2,1-4H3. The highest BCUT2D eigenvalue weighted by Crippen LogP contribution is 2.23. The molecule has 0 saturated carbocycles. The fourth-order valence-electron chi connectivity index (χ4n) is 1.76. The fraction of sp³-hybridized carbons (Fsp3) is 0.571. The highest BCUT2D eigenvalue weighted by Gasteiger charge is 2.26. The van der Waals surface area contributed by atoms with Crippen molar-refractivity contribution in [1.82, 2.24) is 10.2 Å². The van der Waals surface area contributed by atoms with E-state index in [2.05, 4.69) is 5.32 Å². The second-order valence-corrected chi connectivity index (χ2v) is 5.96. The van der Waals surface area contributed by atoms with Crippen LogP contribution < -0.4 is 5.32 Å². The zero-order valence-electron chi connectivity index (χ0n) is 12.5. The van der Waals surface area contributed by atoms with Crippen LogP contribution in [0, 0.1) is 29.1 Å². The largest absolute Gasteiger partial charge is 0.311 e. The molecule has 0 aromatic heterocycles. The lowest BCUT2D eigenvalue weighted by atomic mass is 10.1. The Balaban J connectivity index is 2.79. The molecule has 120 valence electrons. The van der Waals surface area contributed by atoms with Crippen LogP contribution in [-0.4, -0.2) is 30.6 Å². The first kappa shape index (κ1) is 17.8. The minimum absolute atomic E-state index is 0.120. The summed E-state index contributed by atoms with van der Waals surface area (Å²) in [5.74, 6) is -9.51. The molecule has 0 amide bonds. The van der Waals surface area contributed by atoms with Crippen LogP contribution in [0.1, 0.15) is 26.3 Å².